The van der Waals surface area contributed by atoms with Crippen LogP contribution in [0.4, 0.5) is 11.4 Å². The van der Waals surface area contributed by atoms with E-state index in [1.807, 2.05) is 24.3 Å². The van der Waals surface area contributed by atoms with Crippen molar-refractivity contribution in [3.05, 3.63) is 63.3 Å². The fraction of sp³-hybridized carbons (Fsp3) is 0.286. The average Bonchev–Trinajstić information content (AvgIpc) is 2.73. The summed E-state index contributed by atoms with van der Waals surface area (Å²) in [5.41, 5.74) is 3.59. The van der Waals surface area contributed by atoms with Crippen LogP contribution in [0, 0.1) is 5.41 Å². The highest BCUT2D eigenvalue weighted by molar-refractivity contribution is 6.35. The van der Waals surface area contributed by atoms with Crippen molar-refractivity contribution in [3.63, 3.8) is 0 Å². The molecule has 0 radical (unpaired) electrons. The molecule has 3 N–H and O–H groups in total. The fourth-order valence-corrected chi connectivity index (χ4v) is 4.44. The van der Waals surface area contributed by atoms with Gasteiger partial charge in [0.05, 0.1) is 22.4 Å². The van der Waals surface area contributed by atoms with E-state index in [0.717, 1.165) is 23.5 Å². The minimum Gasteiger partial charge on any atom is -0.506 e. The lowest BCUT2D eigenvalue weighted by atomic mass is 9.73. The van der Waals surface area contributed by atoms with E-state index in [1.54, 1.807) is 6.07 Å². The van der Waals surface area contributed by atoms with Crippen LogP contribution in [0.15, 0.2) is 47.7 Å². The average molecular weight is 403 g/mol. The number of ketones is 1. The number of nitrogens with one attached hydrogen (secondary N) is 2. The molecule has 2 aromatic rings. The van der Waals surface area contributed by atoms with E-state index in [4.69, 9.17) is 23.2 Å². The highest BCUT2D eigenvalue weighted by atomic mass is 35.5. The summed E-state index contributed by atoms with van der Waals surface area (Å²) in [6, 6.07) is 10.4. The standard InChI is InChI=1S/C21H20Cl2N2O2/c1-21(2)9-16-18(17(26)10-21)19(12-7-11(22)8-13(23)20(12)27)25-15-6-4-3-5-14(15)24-16/h3-8,19,24-25,27H,9-10H2,1-2H3/t19-/m0/s1. The number of rotatable bonds is 1. The van der Waals surface area contributed by atoms with Gasteiger partial charge in [-0.1, -0.05) is 49.2 Å². The number of anilines is 2. The molecule has 4 nitrogen and oxygen atoms in total. The van der Waals surface area contributed by atoms with Gasteiger partial charge in [0, 0.05) is 28.3 Å². The summed E-state index contributed by atoms with van der Waals surface area (Å²) in [4.78, 5) is 13.1. The first-order chi connectivity index (χ1) is 12.7. The maximum atomic E-state index is 13.1. The summed E-state index contributed by atoms with van der Waals surface area (Å²) in [5, 5.41) is 18.0. The molecule has 140 valence electrons. The number of Topliss-reactive ketones (excluding diaryl/α,β-unsaturated/α-hetero) is 1. The Morgan fingerprint density at radius 2 is 1.81 bits per heavy atom. The van der Waals surface area contributed by atoms with E-state index in [9.17, 15) is 9.90 Å². The van der Waals surface area contributed by atoms with Crippen molar-refractivity contribution in [2.24, 2.45) is 5.41 Å². The van der Waals surface area contributed by atoms with Gasteiger partial charge in [-0.25, -0.2) is 0 Å². The predicted octanol–water partition coefficient (Wildman–Crippen LogP) is 5.92. The topological polar surface area (TPSA) is 61.4 Å². The largest absolute Gasteiger partial charge is 0.506 e. The van der Waals surface area contributed by atoms with E-state index in [0.29, 0.717) is 22.6 Å². The zero-order valence-corrected chi connectivity index (χ0v) is 16.6. The number of hydrogen-bond donors (Lipinski definition) is 3. The lowest BCUT2D eigenvalue weighted by molar-refractivity contribution is -0.118. The Labute approximate surface area is 168 Å². The zero-order chi connectivity index (χ0) is 19.3. The molecule has 0 bridgehead atoms. The third-order valence-electron chi connectivity index (χ3n) is 5.09. The second kappa shape index (κ2) is 6.47. The number of benzene rings is 2. The molecule has 0 saturated heterocycles. The molecule has 1 heterocycles. The third kappa shape index (κ3) is 3.28. The Morgan fingerprint density at radius 3 is 2.56 bits per heavy atom. The Kier molecular flexibility index (Phi) is 4.36. The number of fused-ring (bicyclic) bond motifs is 1. The number of halogens is 2. The normalized spacial score (nSPS) is 20.9. The Morgan fingerprint density at radius 1 is 1.11 bits per heavy atom. The Balaban J connectivity index is 1.95. The van der Waals surface area contributed by atoms with Crippen LogP contribution in [0.2, 0.25) is 10.0 Å². The van der Waals surface area contributed by atoms with E-state index in [2.05, 4.69) is 24.5 Å². The maximum absolute atomic E-state index is 13.1. The van der Waals surface area contributed by atoms with Gasteiger partial charge in [-0.3, -0.25) is 4.79 Å². The number of phenolic OH excluding ortho intramolecular Hbond substituents is 1. The van der Waals surface area contributed by atoms with Gasteiger partial charge in [-0.15, -0.1) is 0 Å². The number of allylic oxidation sites excluding steroid dienone is 1. The van der Waals surface area contributed by atoms with Crippen LogP contribution in [0.5, 0.6) is 5.75 Å². The number of aromatic hydroxyl groups is 1. The minimum absolute atomic E-state index is 0.0505. The fourth-order valence-electron chi connectivity index (χ4n) is 3.93. The predicted molar refractivity (Wildman–Crippen MR) is 110 cm³/mol. The van der Waals surface area contributed by atoms with Gasteiger partial charge in [0.2, 0.25) is 0 Å². The molecule has 6 heteroatoms. The summed E-state index contributed by atoms with van der Waals surface area (Å²) in [6.07, 6.45) is 1.17. The van der Waals surface area contributed by atoms with Crippen LogP contribution >= 0.6 is 23.2 Å². The van der Waals surface area contributed by atoms with Crippen molar-refractivity contribution in [2.75, 3.05) is 10.6 Å². The molecule has 4 rings (SSSR count). The van der Waals surface area contributed by atoms with Crippen molar-refractivity contribution in [3.8, 4) is 5.75 Å². The summed E-state index contributed by atoms with van der Waals surface area (Å²) in [6.45, 7) is 4.17. The molecule has 1 aliphatic heterocycles. The van der Waals surface area contributed by atoms with Crippen molar-refractivity contribution >= 4 is 40.4 Å². The Bertz CT molecular complexity index is 982. The molecule has 0 amide bonds. The molecule has 27 heavy (non-hydrogen) atoms. The monoisotopic (exact) mass is 402 g/mol. The van der Waals surface area contributed by atoms with E-state index < -0.39 is 6.04 Å². The van der Waals surface area contributed by atoms with Gasteiger partial charge in [-0.05, 0) is 36.1 Å². The highest BCUT2D eigenvalue weighted by Crippen LogP contribution is 2.48. The van der Waals surface area contributed by atoms with E-state index in [-0.39, 0.29) is 22.0 Å². The van der Waals surface area contributed by atoms with E-state index >= 15 is 0 Å². The molecule has 0 unspecified atom stereocenters. The van der Waals surface area contributed by atoms with Gasteiger partial charge in [0.15, 0.2) is 5.78 Å². The molecular formula is C21H20Cl2N2O2. The third-order valence-corrected chi connectivity index (χ3v) is 5.60. The zero-order valence-electron chi connectivity index (χ0n) is 15.1. The second-order valence-corrected chi connectivity index (χ2v) is 8.75. The molecule has 1 aliphatic carbocycles. The van der Waals surface area contributed by atoms with Crippen molar-refractivity contribution < 1.29 is 9.90 Å². The first-order valence-electron chi connectivity index (χ1n) is 8.82. The number of hydrogen-bond acceptors (Lipinski definition) is 4. The number of phenols is 1. The molecule has 2 aromatic carbocycles. The van der Waals surface area contributed by atoms with Crippen molar-refractivity contribution in [2.45, 2.75) is 32.7 Å². The lowest BCUT2D eigenvalue weighted by Crippen LogP contribution is -2.31. The molecular weight excluding hydrogens is 383 g/mol. The summed E-state index contributed by atoms with van der Waals surface area (Å²) in [7, 11) is 0. The molecule has 2 aliphatic rings. The van der Waals surface area contributed by atoms with Gasteiger partial charge in [0.25, 0.3) is 0 Å². The van der Waals surface area contributed by atoms with Gasteiger partial charge in [-0.2, -0.15) is 0 Å². The molecule has 0 aromatic heterocycles. The summed E-state index contributed by atoms with van der Waals surface area (Å²) in [5.74, 6) is -0.0167. The molecule has 0 saturated carbocycles. The highest BCUT2D eigenvalue weighted by Gasteiger charge is 2.39. The molecule has 0 fully saturated rings. The SMILES string of the molecule is CC1(C)CC(=O)C2=C(C1)Nc1ccccc1N[C@H]2c1cc(Cl)cc(Cl)c1O. The molecule has 1 atom stereocenters. The van der Waals surface area contributed by atoms with Crippen LogP contribution in [0.25, 0.3) is 0 Å². The lowest BCUT2D eigenvalue weighted by Gasteiger charge is -2.34. The number of carbonyl (C=O) groups excluding carboxylic acids is 1. The number of carbonyl (C=O) groups is 1. The van der Waals surface area contributed by atoms with Crippen LogP contribution in [-0.2, 0) is 4.79 Å². The maximum Gasteiger partial charge on any atom is 0.163 e. The summed E-state index contributed by atoms with van der Waals surface area (Å²) < 4.78 is 0. The first-order valence-corrected chi connectivity index (χ1v) is 9.57. The van der Waals surface area contributed by atoms with Gasteiger partial charge in [0.1, 0.15) is 5.75 Å². The van der Waals surface area contributed by atoms with Crippen LogP contribution in [0.1, 0.15) is 38.3 Å². The summed E-state index contributed by atoms with van der Waals surface area (Å²) >= 11 is 12.4. The van der Waals surface area contributed by atoms with Gasteiger partial charge < -0.3 is 15.7 Å². The van der Waals surface area contributed by atoms with Crippen LogP contribution < -0.4 is 10.6 Å². The smallest absolute Gasteiger partial charge is 0.163 e. The van der Waals surface area contributed by atoms with Crippen LogP contribution in [-0.4, -0.2) is 10.9 Å². The molecule has 0 spiro atoms. The van der Waals surface area contributed by atoms with Crippen molar-refractivity contribution in [1.82, 2.24) is 0 Å². The van der Waals surface area contributed by atoms with Crippen LogP contribution in [0.3, 0.4) is 0 Å². The van der Waals surface area contributed by atoms with Crippen molar-refractivity contribution in [1.29, 1.82) is 0 Å². The minimum atomic E-state index is -0.545. The second-order valence-electron chi connectivity index (χ2n) is 7.91. The Hall–Kier alpha value is -2.17. The van der Waals surface area contributed by atoms with E-state index in [1.165, 1.54) is 6.07 Å². The van der Waals surface area contributed by atoms with Gasteiger partial charge >= 0.3 is 0 Å². The first kappa shape index (κ1) is 18.2. The quantitative estimate of drug-likeness (QED) is 0.553. The number of para-hydroxylation sites is 2.